The van der Waals surface area contributed by atoms with Crippen LogP contribution in [0.3, 0.4) is 0 Å². The molecule has 3 N–H and O–H groups in total. The van der Waals surface area contributed by atoms with Crippen LogP contribution in [-0.2, 0) is 6.54 Å². The van der Waals surface area contributed by atoms with Crippen molar-refractivity contribution in [1.82, 2.24) is 15.5 Å². The smallest absolute Gasteiger partial charge is 0.191 e. The third kappa shape index (κ3) is 8.11. The largest absolute Gasteiger partial charge is 0.396 e. The molecule has 0 bridgehead atoms. The van der Waals surface area contributed by atoms with Crippen LogP contribution >= 0.6 is 0 Å². The SMILES string of the molecule is CCNC(=NCC(CO)c1ccccc1)NCCCN(C)Cc1ccccc1. The lowest BCUT2D eigenvalue weighted by Crippen LogP contribution is -2.39. The summed E-state index contributed by atoms with van der Waals surface area (Å²) in [6, 6.07) is 20.6. The van der Waals surface area contributed by atoms with E-state index in [1.54, 1.807) is 0 Å². The average molecular weight is 383 g/mol. The molecule has 0 aliphatic rings. The normalized spacial score (nSPS) is 12.8. The van der Waals surface area contributed by atoms with Gasteiger partial charge in [-0.3, -0.25) is 4.99 Å². The summed E-state index contributed by atoms with van der Waals surface area (Å²) >= 11 is 0. The Labute approximate surface area is 169 Å². The van der Waals surface area contributed by atoms with E-state index in [-0.39, 0.29) is 12.5 Å². The van der Waals surface area contributed by atoms with Crippen molar-refractivity contribution in [3.63, 3.8) is 0 Å². The van der Waals surface area contributed by atoms with Gasteiger partial charge in [-0.1, -0.05) is 60.7 Å². The molecule has 0 amide bonds. The van der Waals surface area contributed by atoms with E-state index in [9.17, 15) is 5.11 Å². The van der Waals surface area contributed by atoms with Gasteiger partial charge in [0.2, 0.25) is 0 Å². The Morgan fingerprint density at radius 2 is 1.71 bits per heavy atom. The maximum Gasteiger partial charge on any atom is 0.191 e. The first kappa shape index (κ1) is 21.9. The number of nitrogens with zero attached hydrogens (tertiary/aromatic N) is 2. The minimum atomic E-state index is 0.0219. The third-order valence-corrected chi connectivity index (χ3v) is 4.61. The summed E-state index contributed by atoms with van der Waals surface area (Å²) in [4.78, 5) is 7.00. The maximum absolute atomic E-state index is 9.70. The van der Waals surface area contributed by atoms with Crippen LogP contribution in [0.4, 0.5) is 0 Å². The Morgan fingerprint density at radius 1 is 1.04 bits per heavy atom. The molecule has 5 heteroatoms. The lowest BCUT2D eigenvalue weighted by atomic mass is 10.0. The van der Waals surface area contributed by atoms with Gasteiger partial charge >= 0.3 is 0 Å². The van der Waals surface area contributed by atoms with E-state index in [4.69, 9.17) is 0 Å². The van der Waals surface area contributed by atoms with E-state index in [0.717, 1.165) is 44.1 Å². The second-order valence-corrected chi connectivity index (χ2v) is 7.01. The van der Waals surface area contributed by atoms with Crippen molar-refractivity contribution < 1.29 is 5.11 Å². The molecule has 2 aromatic rings. The van der Waals surface area contributed by atoms with Crippen molar-refractivity contribution in [2.45, 2.75) is 25.8 Å². The number of hydrogen-bond acceptors (Lipinski definition) is 3. The van der Waals surface area contributed by atoms with Crippen molar-refractivity contribution in [1.29, 1.82) is 0 Å². The van der Waals surface area contributed by atoms with Crippen molar-refractivity contribution in [3.8, 4) is 0 Å². The minimum absolute atomic E-state index is 0.0219. The molecule has 2 aromatic carbocycles. The van der Waals surface area contributed by atoms with Crippen LogP contribution in [0.25, 0.3) is 0 Å². The molecule has 28 heavy (non-hydrogen) atoms. The molecule has 1 unspecified atom stereocenters. The molecule has 2 rings (SSSR count). The first-order chi connectivity index (χ1) is 13.7. The number of aliphatic hydroxyl groups is 1. The molecule has 5 nitrogen and oxygen atoms in total. The number of hydrogen-bond donors (Lipinski definition) is 3. The molecular formula is C23H34N4O. The minimum Gasteiger partial charge on any atom is -0.396 e. The van der Waals surface area contributed by atoms with Gasteiger partial charge < -0.3 is 20.6 Å². The fraction of sp³-hybridized carbons (Fsp3) is 0.435. The van der Waals surface area contributed by atoms with Crippen LogP contribution in [0.1, 0.15) is 30.4 Å². The second kappa shape index (κ2) is 12.9. The van der Waals surface area contributed by atoms with Crippen LogP contribution in [0.15, 0.2) is 65.7 Å². The monoisotopic (exact) mass is 382 g/mol. The molecule has 0 saturated carbocycles. The van der Waals surface area contributed by atoms with Crippen LogP contribution in [-0.4, -0.2) is 55.8 Å². The van der Waals surface area contributed by atoms with Crippen molar-refractivity contribution >= 4 is 5.96 Å². The lowest BCUT2D eigenvalue weighted by Gasteiger charge is -2.18. The highest BCUT2D eigenvalue weighted by Crippen LogP contribution is 2.14. The molecule has 0 aromatic heterocycles. The van der Waals surface area contributed by atoms with E-state index >= 15 is 0 Å². The van der Waals surface area contributed by atoms with Gasteiger partial charge in [0.05, 0.1) is 13.2 Å². The highest BCUT2D eigenvalue weighted by atomic mass is 16.3. The Bertz CT molecular complexity index is 676. The van der Waals surface area contributed by atoms with Gasteiger partial charge in [0.15, 0.2) is 5.96 Å². The first-order valence-electron chi connectivity index (χ1n) is 10.1. The van der Waals surface area contributed by atoms with Gasteiger partial charge in [-0.05, 0) is 38.1 Å². The number of nitrogens with one attached hydrogen (secondary N) is 2. The van der Waals surface area contributed by atoms with Crippen LogP contribution in [0.2, 0.25) is 0 Å². The number of guanidine groups is 1. The van der Waals surface area contributed by atoms with Gasteiger partial charge in [0.25, 0.3) is 0 Å². The van der Waals surface area contributed by atoms with E-state index in [0.29, 0.717) is 6.54 Å². The predicted molar refractivity (Wildman–Crippen MR) is 118 cm³/mol. The summed E-state index contributed by atoms with van der Waals surface area (Å²) in [6.07, 6.45) is 1.04. The second-order valence-electron chi connectivity index (χ2n) is 7.01. The molecule has 0 fully saturated rings. The fourth-order valence-corrected chi connectivity index (χ4v) is 3.07. The Kier molecular flexibility index (Phi) is 10.1. The average Bonchev–Trinajstić information content (AvgIpc) is 2.73. The molecule has 152 valence electrons. The van der Waals surface area contributed by atoms with Crippen LogP contribution in [0.5, 0.6) is 0 Å². The zero-order valence-corrected chi connectivity index (χ0v) is 17.1. The Hall–Kier alpha value is -2.37. The molecule has 0 aliphatic heterocycles. The van der Waals surface area contributed by atoms with Crippen molar-refractivity contribution in [2.24, 2.45) is 4.99 Å². The topological polar surface area (TPSA) is 59.9 Å². The highest BCUT2D eigenvalue weighted by molar-refractivity contribution is 5.79. The van der Waals surface area contributed by atoms with E-state index in [1.165, 1.54) is 5.56 Å². The van der Waals surface area contributed by atoms with Gasteiger partial charge in [0.1, 0.15) is 0 Å². The number of aliphatic imine (C=N–C) groups is 1. The third-order valence-electron chi connectivity index (χ3n) is 4.61. The number of benzene rings is 2. The fourth-order valence-electron chi connectivity index (χ4n) is 3.07. The Balaban J connectivity index is 1.76. The standard InChI is InChI=1S/C23H34N4O/c1-3-24-23(26-17-22(19-28)21-13-8-5-9-14-21)25-15-10-16-27(2)18-20-11-6-4-7-12-20/h4-9,11-14,22,28H,3,10,15-19H2,1-2H3,(H2,24,25,26). The van der Waals surface area contributed by atoms with Crippen LogP contribution < -0.4 is 10.6 Å². The Morgan fingerprint density at radius 3 is 2.36 bits per heavy atom. The van der Waals surface area contributed by atoms with Gasteiger partial charge in [-0.15, -0.1) is 0 Å². The zero-order valence-electron chi connectivity index (χ0n) is 17.1. The highest BCUT2D eigenvalue weighted by Gasteiger charge is 2.10. The van der Waals surface area contributed by atoms with E-state index < -0.39 is 0 Å². The summed E-state index contributed by atoms with van der Waals surface area (Å²) in [7, 11) is 2.15. The summed E-state index contributed by atoms with van der Waals surface area (Å²) in [5.41, 5.74) is 2.45. The molecule has 0 saturated heterocycles. The molecule has 0 heterocycles. The van der Waals surface area contributed by atoms with Gasteiger partial charge in [-0.2, -0.15) is 0 Å². The number of aliphatic hydroxyl groups excluding tert-OH is 1. The number of rotatable bonds is 11. The summed E-state index contributed by atoms with van der Waals surface area (Å²) in [6.45, 7) is 6.37. The quantitative estimate of drug-likeness (QED) is 0.318. The van der Waals surface area contributed by atoms with Gasteiger partial charge in [-0.25, -0.2) is 0 Å². The van der Waals surface area contributed by atoms with Crippen molar-refractivity contribution in [2.75, 3.05) is 39.8 Å². The molecular weight excluding hydrogens is 348 g/mol. The van der Waals surface area contributed by atoms with Crippen molar-refractivity contribution in [3.05, 3.63) is 71.8 Å². The zero-order chi connectivity index (χ0) is 20.0. The molecule has 0 spiro atoms. The maximum atomic E-state index is 9.70. The van der Waals surface area contributed by atoms with Gasteiger partial charge in [0, 0.05) is 25.6 Å². The summed E-state index contributed by atoms with van der Waals surface area (Å²) < 4.78 is 0. The predicted octanol–water partition coefficient (Wildman–Crippen LogP) is 2.84. The molecule has 0 aliphatic carbocycles. The molecule has 1 atom stereocenters. The lowest BCUT2D eigenvalue weighted by molar-refractivity contribution is 0.268. The van der Waals surface area contributed by atoms with E-state index in [1.807, 2.05) is 36.4 Å². The first-order valence-corrected chi connectivity index (χ1v) is 10.1. The van der Waals surface area contributed by atoms with Crippen LogP contribution in [0, 0.1) is 0 Å². The summed E-state index contributed by atoms with van der Waals surface area (Å²) in [5, 5.41) is 16.4. The van der Waals surface area contributed by atoms with E-state index in [2.05, 4.69) is 58.8 Å². The summed E-state index contributed by atoms with van der Waals surface area (Å²) in [5.74, 6) is 0.830. The molecule has 0 radical (unpaired) electrons.